The molecule has 0 aliphatic heterocycles. The standard InChI is InChI=1S/C13H9F2N5O/c14-8-4-5-10(9(15)7-8)16-13(21)17-12-19-18-11-3-1-2-6-20(11)12/h1-7H,(H2,16,17,19,21). The summed E-state index contributed by atoms with van der Waals surface area (Å²) in [5.74, 6) is -1.40. The molecule has 0 atom stereocenters. The first-order valence-electron chi connectivity index (χ1n) is 5.96. The number of fused-ring (bicyclic) bond motifs is 1. The molecule has 106 valence electrons. The third-order valence-electron chi connectivity index (χ3n) is 2.72. The van der Waals surface area contributed by atoms with E-state index in [1.165, 1.54) is 0 Å². The minimum Gasteiger partial charge on any atom is -0.305 e. The van der Waals surface area contributed by atoms with Gasteiger partial charge in [0.05, 0.1) is 5.69 Å². The first-order chi connectivity index (χ1) is 10.1. The summed E-state index contributed by atoms with van der Waals surface area (Å²) in [5.41, 5.74) is 0.420. The predicted molar refractivity (Wildman–Crippen MR) is 72.0 cm³/mol. The molecule has 0 saturated carbocycles. The molecule has 21 heavy (non-hydrogen) atoms. The second kappa shape index (κ2) is 5.16. The molecule has 0 saturated heterocycles. The fourth-order valence-corrected chi connectivity index (χ4v) is 1.77. The number of pyridine rings is 1. The van der Waals surface area contributed by atoms with E-state index in [2.05, 4.69) is 20.8 Å². The van der Waals surface area contributed by atoms with Crippen LogP contribution in [0, 0.1) is 11.6 Å². The van der Waals surface area contributed by atoms with E-state index in [1.54, 1.807) is 28.8 Å². The van der Waals surface area contributed by atoms with Crippen LogP contribution in [0.15, 0.2) is 42.6 Å². The molecule has 8 heteroatoms. The van der Waals surface area contributed by atoms with Gasteiger partial charge in [0.1, 0.15) is 11.6 Å². The highest BCUT2D eigenvalue weighted by atomic mass is 19.1. The summed E-state index contributed by atoms with van der Waals surface area (Å²) in [6.45, 7) is 0. The van der Waals surface area contributed by atoms with Crippen molar-refractivity contribution >= 4 is 23.3 Å². The zero-order valence-corrected chi connectivity index (χ0v) is 10.5. The van der Waals surface area contributed by atoms with Gasteiger partial charge in [0.2, 0.25) is 5.95 Å². The molecular formula is C13H9F2N5O. The molecule has 0 spiro atoms. The second-order valence-electron chi connectivity index (χ2n) is 4.16. The van der Waals surface area contributed by atoms with Crippen molar-refractivity contribution in [2.45, 2.75) is 0 Å². The number of anilines is 2. The van der Waals surface area contributed by atoms with Gasteiger partial charge < -0.3 is 5.32 Å². The quantitative estimate of drug-likeness (QED) is 0.762. The van der Waals surface area contributed by atoms with E-state index >= 15 is 0 Å². The highest BCUT2D eigenvalue weighted by Gasteiger charge is 2.11. The lowest BCUT2D eigenvalue weighted by Gasteiger charge is -2.07. The largest absolute Gasteiger partial charge is 0.326 e. The van der Waals surface area contributed by atoms with Crippen molar-refractivity contribution in [2.75, 3.05) is 10.6 Å². The van der Waals surface area contributed by atoms with Gasteiger partial charge >= 0.3 is 6.03 Å². The highest BCUT2D eigenvalue weighted by Crippen LogP contribution is 2.15. The van der Waals surface area contributed by atoms with Gasteiger partial charge in [0.25, 0.3) is 0 Å². The van der Waals surface area contributed by atoms with Crippen LogP contribution in [0.1, 0.15) is 0 Å². The second-order valence-corrected chi connectivity index (χ2v) is 4.16. The highest BCUT2D eigenvalue weighted by molar-refractivity contribution is 5.98. The van der Waals surface area contributed by atoms with E-state index in [0.29, 0.717) is 11.7 Å². The number of halogens is 2. The SMILES string of the molecule is O=C(Nc1ccc(F)cc1F)Nc1nnc2ccccn12. The third kappa shape index (κ3) is 2.64. The number of carbonyl (C=O) groups excluding carboxylic acids is 1. The molecule has 0 fully saturated rings. The van der Waals surface area contributed by atoms with Crippen molar-refractivity contribution < 1.29 is 13.6 Å². The van der Waals surface area contributed by atoms with Crippen LogP contribution < -0.4 is 10.6 Å². The van der Waals surface area contributed by atoms with Crippen molar-refractivity contribution in [1.82, 2.24) is 14.6 Å². The summed E-state index contributed by atoms with van der Waals surface area (Å²) in [5, 5.41) is 12.4. The lowest BCUT2D eigenvalue weighted by Crippen LogP contribution is -2.21. The van der Waals surface area contributed by atoms with Gasteiger partial charge in [0.15, 0.2) is 5.65 Å². The zero-order chi connectivity index (χ0) is 14.8. The lowest BCUT2D eigenvalue weighted by atomic mass is 10.3. The Morgan fingerprint density at radius 1 is 1.10 bits per heavy atom. The summed E-state index contributed by atoms with van der Waals surface area (Å²) in [4.78, 5) is 11.8. The predicted octanol–water partition coefficient (Wildman–Crippen LogP) is 2.65. The Labute approximate surface area is 117 Å². The number of carbonyl (C=O) groups is 1. The van der Waals surface area contributed by atoms with Gasteiger partial charge in [-0.05, 0) is 24.3 Å². The number of nitrogens with zero attached hydrogens (tertiary/aromatic N) is 3. The van der Waals surface area contributed by atoms with Crippen LogP contribution in [0.4, 0.5) is 25.2 Å². The topological polar surface area (TPSA) is 71.3 Å². The fraction of sp³-hybridized carbons (Fsp3) is 0. The van der Waals surface area contributed by atoms with E-state index in [9.17, 15) is 13.6 Å². The number of aromatic nitrogens is 3. The maximum absolute atomic E-state index is 13.4. The van der Waals surface area contributed by atoms with E-state index in [4.69, 9.17) is 0 Å². The minimum atomic E-state index is -0.865. The normalized spacial score (nSPS) is 10.6. The Morgan fingerprint density at radius 2 is 1.95 bits per heavy atom. The van der Waals surface area contributed by atoms with E-state index in [0.717, 1.165) is 12.1 Å². The summed E-state index contributed by atoms with van der Waals surface area (Å²) < 4.78 is 27.8. The Balaban J connectivity index is 1.77. The molecule has 3 rings (SSSR count). The summed E-state index contributed by atoms with van der Waals surface area (Å²) in [7, 11) is 0. The Morgan fingerprint density at radius 3 is 2.76 bits per heavy atom. The number of urea groups is 1. The van der Waals surface area contributed by atoms with E-state index in [1.807, 2.05) is 0 Å². The van der Waals surface area contributed by atoms with Crippen LogP contribution in [0.2, 0.25) is 0 Å². The van der Waals surface area contributed by atoms with Crippen LogP contribution in [0.5, 0.6) is 0 Å². The van der Waals surface area contributed by atoms with Crippen LogP contribution in [0.25, 0.3) is 5.65 Å². The molecule has 0 aliphatic carbocycles. The number of nitrogens with one attached hydrogen (secondary N) is 2. The fourth-order valence-electron chi connectivity index (χ4n) is 1.77. The lowest BCUT2D eigenvalue weighted by molar-refractivity contribution is 0.262. The Hall–Kier alpha value is -3.03. The molecule has 2 aromatic heterocycles. The minimum absolute atomic E-state index is 0.136. The Kier molecular flexibility index (Phi) is 3.19. The first kappa shape index (κ1) is 13.0. The third-order valence-corrected chi connectivity index (χ3v) is 2.72. The summed E-state index contributed by atoms with van der Waals surface area (Å²) in [6, 6.07) is 7.40. The summed E-state index contributed by atoms with van der Waals surface area (Å²) >= 11 is 0. The van der Waals surface area contributed by atoms with Crippen molar-refractivity contribution in [3.8, 4) is 0 Å². The van der Waals surface area contributed by atoms with Crippen molar-refractivity contribution in [2.24, 2.45) is 0 Å². The van der Waals surface area contributed by atoms with Gasteiger partial charge in [-0.15, -0.1) is 10.2 Å². The van der Waals surface area contributed by atoms with Crippen LogP contribution >= 0.6 is 0 Å². The van der Waals surface area contributed by atoms with Gasteiger partial charge in [-0.2, -0.15) is 0 Å². The van der Waals surface area contributed by atoms with Crippen molar-refractivity contribution in [3.63, 3.8) is 0 Å². The molecule has 0 unspecified atom stereocenters. The maximum Gasteiger partial charge on any atom is 0.326 e. The van der Waals surface area contributed by atoms with Gasteiger partial charge in [-0.25, -0.2) is 13.6 Å². The first-order valence-corrected chi connectivity index (χ1v) is 5.96. The number of hydrogen-bond acceptors (Lipinski definition) is 3. The number of benzene rings is 1. The molecule has 0 aliphatic rings. The molecule has 2 N–H and O–H groups in total. The van der Waals surface area contributed by atoms with Crippen LogP contribution in [-0.2, 0) is 0 Å². The molecule has 3 aromatic rings. The van der Waals surface area contributed by atoms with Crippen LogP contribution in [-0.4, -0.2) is 20.6 Å². The van der Waals surface area contributed by atoms with E-state index in [-0.39, 0.29) is 11.6 Å². The smallest absolute Gasteiger partial charge is 0.305 e. The molecule has 2 amide bonds. The van der Waals surface area contributed by atoms with Crippen molar-refractivity contribution in [1.29, 1.82) is 0 Å². The Bertz CT molecular complexity index is 817. The van der Waals surface area contributed by atoms with Crippen molar-refractivity contribution in [3.05, 3.63) is 54.2 Å². The maximum atomic E-state index is 13.4. The molecule has 0 bridgehead atoms. The molecule has 6 nitrogen and oxygen atoms in total. The van der Waals surface area contributed by atoms with Gasteiger partial charge in [-0.3, -0.25) is 9.72 Å². The summed E-state index contributed by atoms with van der Waals surface area (Å²) in [6.07, 6.45) is 1.67. The van der Waals surface area contributed by atoms with Gasteiger partial charge in [-0.1, -0.05) is 6.07 Å². The monoisotopic (exact) mass is 289 g/mol. The molecular weight excluding hydrogens is 280 g/mol. The molecule has 2 heterocycles. The number of amides is 2. The number of hydrogen-bond donors (Lipinski definition) is 2. The molecule has 1 aromatic carbocycles. The average Bonchev–Trinajstić information content (AvgIpc) is 2.85. The zero-order valence-electron chi connectivity index (χ0n) is 10.5. The average molecular weight is 289 g/mol. The van der Waals surface area contributed by atoms with E-state index < -0.39 is 17.7 Å². The van der Waals surface area contributed by atoms with Crippen LogP contribution in [0.3, 0.4) is 0 Å². The van der Waals surface area contributed by atoms with Gasteiger partial charge in [0, 0.05) is 12.3 Å². The molecule has 0 radical (unpaired) electrons. The number of rotatable bonds is 2.